The van der Waals surface area contributed by atoms with Gasteiger partial charge in [-0.1, -0.05) is 20.3 Å². The third kappa shape index (κ3) is 2.61. The van der Waals surface area contributed by atoms with Gasteiger partial charge in [-0.15, -0.1) is 0 Å². The van der Waals surface area contributed by atoms with Gasteiger partial charge in [0.25, 0.3) is 0 Å². The topological polar surface area (TPSA) is 17.1 Å². The molecule has 4 aliphatic carbocycles. The third-order valence-corrected chi connectivity index (χ3v) is 8.95. The molecule has 4 saturated carbocycles. The van der Waals surface area contributed by atoms with E-state index >= 15 is 0 Å². The van der Waals surface area contributed by atoms with Crippen LogP contribution in [0.2, 0.25) is 0 Å². The molecular formula is C22H36O. The largest absolute Gasteiger partial charge is 0.300 e. The van der Waals surface area contributed by atoms with Gasteiger partial charge in [0.05, 0.1) is 0 Å². The number of rotatable bonds is 2. The highest BCUT2D eigenvalue weighted by Crippen LogP contribution is 2.64. The molecule has 0 radical (unpaired) electrons. The van der Waals surface area contributed by atoms with Crippen molar-refractivity contribution in [3.8, 4) is 0 Å². The van der Waals surface area contributed by atoms with E-state index < -0.39 is 0 Å². The van der Waals surface area contributed by atoms with Crippen molar-refractivity contribution in [2.75, 3.05) is 0 Å². The molecular weight excluding hydrogens is 280 g/mol. The van der Waals surface area contributed by atoms with E-state index in [1.807, 2.05) is 0 Å². The lowest BCUT2D eigenvalue weighted by Gasteiger charge is -2.56. The van der Waals surface area contributed by atoms with Crippen molar-refractivity contribution in [1.29, 1.82) is 0 Å². The minimum Gasteiger partial charge on any atom is -0.300 e. The predicted octanol–water partition coefficient (Wildman–Crippen LogP) is 5.87. The Morgan fingerprint density at radius 1 is 0.957 bits per heavy atom. The van der Waals surface area contributed by atoms with Crippen molar-refractivity contribution in [1.82, 2.24) is 0 Å². The molecule has 4 aliphatic rings. The summed E-state index contributed by atoms with van der Waals surface area (Å²) in [6.07, 6.45) is 14.0. The fourth-order valence-corrected chi connectivity index (χ4v) is 7.88. The summed E-state index contributed by atoms with van der Waals surface area (Å²) < 4.78 is 0. The van der Waals surface area contributed by atoms with Gasteiger partial charge < -0.3 is 4.79 Å². The lowest BCUT2D eigenvalue weighted by molar-refractivity contribution is -0.120. The standard InChI is InChI=1S/C22H36O/c1-14-4-7-18-16(12-14)5-8-20-19(18)10-11-22(3)17(13-15(2)23)6-9-21(20)22/h14,16-21H,4-13H2,1-3H3/t14-,16+,17+,18-,19?,20+,21?,22+/m0/s1. The van der Waals surface area contributed by atoms with Gasteiger partial charge in [0.2, 0.25) is 0 Å². The molecule has 0 N–H and O–H groups in total. The highest BCUT2D eigenvalue weighted by Gasteiger charge is 2.56. The molecule has 4 rings (SSSR count). The molecule has 2 unspecified atom stereocenters. The van der Waals surface area contributed by atoms with Crippen LogP contribution in [-0.2, 0) is 4.79 Å². The van der Waals surface area contributed by atoms with Gasteiger partial charge in [0, 0.05) is 6.42 Å². The fraction of sp³-hybridized carbons (Fsp3) is 0.955. The quantitative estimate of drug-likeness (QED) is 0.622. The Labute approximate surface area is 143 Å². The molecule has 0 heterocycles. The fourth-order valence-electron chi connectivity index (χ4n) is 7.88. The van der Waals surface area contributed by atoms with Crippen LogP contribution in [0.4, 0.5) is 0 Å². The average molecular weight is 317 g/mol. The van der Waals surface area contributed by atoms with Crippen molar-refractivity contribution in [3.63, 3.8) is 0 Å². The summed E-state index contributed by atoms with van der Waals surface area (Å²) in [5.41, 5.74) is 0.488. The Morgan fingerprint density at radius 3 is 2.52 bits per heavy atom. The molecule has 0 saturated heterocycles. The van der Waals surface area contributed by atoms with E-state index in [1.54, 1.807) is 6.92 Å². The van der Waals surface area contributed by atoms with Crippen LogP contribution in [0.3, 0.4) is 0 Å². The molecule has 0 spiro atoms. The van der Waals surface area contributed by atoms with Crippen molar-refractivity contribution in [2.24, 2.45) is 46.8 Å². The molecule has 8 atom stereocenters. The van der Waals surface area contributed by atoms with Crippen molar-refractivity contribution in [2.45, 2.75) is 85.0 Å². The SMILES string of the molecule is CC(=O)C[C@H]1CCC2[C@@H]3CC[C@@H]4C[C@@H](C)CC[C@@H]4C3CC[C@@]21C. The second kappa shape index (κ2) is 5.88. The molecule has 1 nitrogen and oxygen atoms in total. The molecule has 23 heavy (non-hydrogen) atoms. The molecule has 0 aromatic carbocycles. The minimum absolute atomic E-state index is 0.420. The van der Waals surface area contributed by atoms with Gasteiger partial charge in [-0.3, -0.25) is 0 Å². The number of carbonyl (C=O) groups is 1. The van der Waals surface area contributed by atoms with Crippen molar-refractivity contribution in [3.05, 3.63) is 0 Å². The van der Waals surface area contributed by atoms with E-state index in [0.29, 0.717) is 17.1 Å². The first-order valence-electron chi connectivity index (χ1n) is 10.5. The summed E-state index contributed by atoms with van der Waals surface area (Å²) in [5.74, 6) is 7.17. The summed E-state index contributed by atoms with van der Waals surface area (Å²) in [7, 11) is 0. The van der Waals surface area contributed by atoms with Crippen molar-refractivity contribution < 1.29 is 4.79 Å². The first-order valence-corrected chi connectivity index (χ1v) is 10.5. The Hall–Kier alpha value is -0.330. The van der Waals surface area contributed by atoms with Crippen LogP contribution in [-0.4, -0.2) is 5.78 Å². The van der Waals surface area contributed by atoms with E-state index in [-0.39, 0.29) is 0 Å². The van der Waals surface area contributed by atoms with Gasteiger partial charge in [-0.05, 0) is 105 Å². The number of fused-ring (bicyclic) bond motifs is 5. The Morgan fingerprint density at radius 2 is 1.74 bits per heavy atom. The normalized spacial score (nSPS) is 52.4. The molecule has 4 fully saturated rings. The Balaban J connectivity index is 1.52. The molecule has 0 aromatic heterocycles. The van der Waals surface area contributed by atoms with Gasteiger partial charge >= 0.3 is 0 Å². The summed E-state index contributed by atoms with van der Waals surface area (Å²) in [5, 5.41) is 0. The van der Waals surface area contributed by atoms with Crippen LogP contribution < -0.4 is 0 Å². The number of ketones is 1. The number of carbonyl (C=O) groups excluding carboxylic acids is 1. The van der Waals surface area contributed by atoms with Crippen LogP contribution in [0.15, 0.2) is 0 Å². The molecule has 0 amide bonds. The van der Waals surface area contributed by atoms with Gasteiger partial charge in [-0.25, -0.2) is 0 Å². The summed E-state index contributed by atoms with van der Waals surface area (Å²) >= 11 is 0. The zero-order valence-corrected chi connectivity index (χ0v) is 15.5. The molecule has 130 valence electrons. The van der Waals surface area contributed by atoms with Gasteiger partial charge in [-0.2, -0.15) is 0 Å². The average Bonchev–Trinajstić information content (AvgIpc) is 2.83. The van der Waals surface area contributed by atoms with Crippen LogP contribution in [0.25, 0.3) is 0 Å². The molecule has 1 heteroatoms. The summed E-state index contributed by atoms with van der Waals surface area (Å²) in [4.78, 5) is 11.7. The maximum absolute atomic E-state index is 11.7. The zero-order chi connectivity index (χ0) is 16.2. The molecule has 0 aliphatic heterocycles. The number of hydrogen-bond acceptors (Lipinski definition) is 1. The number of Topliss-reactive ketones (excluding diaryl/α,β-unsaturated/α-hetero) is 1. The second-order valence-electron chi connectivity index (χ2n) is 10.1. The maximum atomic E-state index is 11.7. The van der Waals surface area contributed by atoms with Crippen LogP contribution >= 0.6 is 0 Å². The van der Waals surface area contributed by atoms with Crippen LogP contribution in [0.5, 0.6) is 0 Å². The van der Waals surface area contributed by atoms with E-state index in [4.69, 9.17) is 0 Å². The van der Waals surface area contributed by atoms with Crippen molar-refractivity contribution >= 4 is 5.78 Å². The lowest BCUT2D eigenvalue weighted by atomic mass is 9.49. The monoisotopic (exact) mass is 316 g/mol. The van der Waals surface area contributed by atoms with E-state index in [1.165, 1.54) is 57.8 Å². The highest BCUT2D eigenvalue weighted by atomic mass is 16.1. The van der Waals surface area contributed by atoms with Gasteiger partial charge in [0.15, 0.2) is 0 Å². The maximum Gasteiger partial charge on any atom is 0.130 e. The highest BCUT2D eigenvalue weighted by molar-refractivity contribution is 5.75. The van der Waals surface area contributed by atoms with Crippen LogP contribution in [0, 0.1) is 46.8 Å². The predicted molar refractivity (Wildman–Crippen MR) is 95.1 cm³/mol. The molecule has 0 bridgehead atoms. The number of hydrogen-bond donors (Lipinski definition) is 0. The van der Waals surface area contributed by atoms with E-state index in [2.05, 4.69) is 13.8 Å². The van der Waals surface area contributed by atoms with E-state index in [0.717, 1.165) is 41.9 Å². The first-order chi connectivity index (χ1) is 11.0. The Kier molecular flexibility index (Phi) is 4.13. The van der Waals surface area contributed by atoms with Gasteiger partial charge in [0.1, 0.15) is 5.78 Å². The lowest BCUT2D eigenvalue weighted by Crippen LogP contribution is -2.48. The molecule has 0 aromatic rings. The third-order valence-electron chi connectivity index (χ3n) is 8.95. The second-order valence-corrected chi connectivity index (χ2v) is 10.1. The zero-order valence-electron chi connectivity index (χ0n) is 15.5. The van der Waals surface area contributed by atoms with E-state index in [9.17, 15) is 4.79 Å². The summed E-state index contributed by atoms with van der Waals surface area (Å²) in [6, 6.07) is 0. The minimum atomic E-state index is 0.420. The first kappa shape index (κ1) is 16.2. The Bertz CT molecular complexity index is 469. The summed E-state index contributed by atoms with van der Waals surface area (Å²) in [6.45, 7) is 6.84. The smallest absolute Gasteiger partial charge is 0.130 e. The van der Waals surface area contributed by atoms with Crippen LogP contribution in [0.1, 0.15) is 85.0 Å².